The van der Waals surface area contributed by atoms with E-state index in [1.165, 1.54) is 12.0 Å². The van der Waals surface area contributed by atoms with Gasteiger partial charge in [0.15, 0.2) is 5.78 Å². The van der Waals surface area contributed by atoms with Crippen LogP contribution in [0.1, 0.15) is 15.9 Å². The quantitative estimate of drug-likeness (QED) is 0.445. The lowest BCUT2D eigenvalue weighted by molar-refractivity contribution is -0.122. The number of para-hydroxylation sites is 3. The minimum absolute atomic E-state index is 0.161. The van der Waals surface area contributed by atoms with Crippen molar-refractivity contribution in [1.29, 1.82) is 0 Å². The average molecular weight is 450 g/mol. The van der Waals surface area contributed by atoms with E-state index in [0.29, 0.717) is 17.0 Å². The topological polar surface area (TPSA) is 66.9 Å². The molecule has 4 unspecified atom stereocenters. The highest BCUT2D eigenvalue weighted by Crippen LogP contribution is 2.50. The van der Waals surface area contributed by atoms with E-state index in [4.69, 9.17) is 4.74 Å². The van der Waals surface area contributed by atoms with E-state index in [-0.39, 0.29) is 17.6 Å². The Bertz CT molecular complexity index is 1350. The maximum atomic E-state index is 13.9. The van der Waals surface area contributed by atoms with Gasteiger partial charge in [-0.3, -0.25) is 14.4 Å². The fraction of sp³-hybridized carbons (Fsp3) is 0.179. The van der Waals surface area contributed by atoms with Gasteiger partial charge in [0, 0.05) is 11.3 Å². The molecule has 0 N–H and O–H groups in total. The monoisotopic (exact) mass is 450 g/mol. The summed E-state index contributed by atoms with van der Waals surface area (Å²) in [6.45, 7) is 0. The normalized spacial score (nSPS) is 24.6. The molecule has 0 radical (unpaired) electrons. The van der Waals surface area contributed by atoms with Crippen molar-refractivity contribution >= 4 is 35.0 Å². The van der Waals surface area contributed by atoms with Crippen LogP contribution in [0, 0.1) is 11.8 Å². The van der Waals surface area contributed by atoms with Crippen molar-refractivity contribution in [3.05, 3.63) is 96.1 Å². The molecule has 0 aromatic heterocycles. The maximum absolute atomic E-state index is 13.9. The van der Waals surface area contributed by atoms with E-state index >= 15 is 0 Å². The van der Waals surface area contributed by atoms with Gasteiger partial charge in [0.25, 0.3) is 0 Å². The van der Waals surface area contributed by atoms with E-state index in [9.17, 15) is 14.4 Å². The fourth-order valence-electron chi connectivity index (χ4n) is 5.64. The molecule has 0 spiro atoms. The standard InChI is InChI=1S/C28H22N2O4/c1-34-22-14-8-7-13-20(22)30-27(32)23-21-16-15-17-9-5-6-12-19(17)29(21)25(24(23)28(30)33)26(31)18-10-3-2-4-11-18/h2-16,21,23-25H,1H3. The molecule has 6 nitrogen and oxygen atoms in total. The molecule has 3 aromatic carbocycles. The number of nitrogens with zero attached hydrogens (tertiary/aromatic N) is 2. The SMILES string of the molecule is COc1ccccc1N1C(=O)C2C(C1=O)C(C(=O)c1ccccc1)N1c3ccccc3C=CC21. The van der Waals surface area contributed by atoms with Crippen LogP contribution in [-0.2, 0) is 9.59 Å². The first-order valence-electron chi connectivity index (χ1n) is 11.3. The summed E-state index contributed by atoms with van der Waals surface area (Å²) in [6, 6.07) is 22.6. The number of rotatable bonds is 4. The van der Waals surface area contributed by atoms with Crippen molar-refractivity contribution in [3.8, 4) is 5.75 Å². The first-order valence-corrected chi connectivity index (χ1v) is 11.3. The van der Waals surface area contributed by atoms with Crippen molar-refractivity contribution in [2.45, 2.75) is 12.1 Å². The fourth-order valence-corrected chi connectivity index (χ4v) is 5.64. The molecule has 6 heteroatoms. The van der Waals surface area contributed by atoms with E-state index < -0.39 is 23.9 Å². The van der Waals surface area contributed by atoms with Crippen LogP contribution >= 0.6 is 0 Å². The van der Waals surface area contributed by atoms with Crippen molar-refractivity contribution in [2.24, 2.45) is 11.8 Å². The average Bonchev–Trinajstić information content (AvgIpc) is 3.36. The summed E-state index contributed by atoms with van der Waals surface area (Å²) < 4.78 is 5.44. The number of ether oxygens (including phenoxy) is 1. The molecule has 0 aliphatic carbocycles. The van der Waals surface area contributed by atoms with Crippen molar-refractivity contribution < 1.29 is 19.1 Å². The Labute approximate surface area is 197 Å². The van der Waals surface area contributed by atoms with Gasteiger partial charge in [-0.05, 0) is 23.8 Å². The van der Waals surface area contributed by atoms with Crippen LogP contribution < -0.4 is 14.5 Å². The van der Waals surface area contributed by atoms with Crippen LogP contribution in [0.4, 0.5) is 11.4 Å². The molecule has 2 amide bonds. The highest BCUT2D eigenvalue weighted by molar-refractivity contribution is 6.26. The van der Waals surface area contributed by atoms with Crippen LogP contribution in [0.2, 0.25) is 0 Å². The summed E-state index contributed by atoms with van der Waals surface area (Å²) >= 11 is 0. The molecule has 3 heterocycles. The molecule has 3 aliphatic rings. The molecule has 4 atom stereocenters. The number of methoxy groups -OCH3 is 1. The number of anilines is 2. The molecule has 2 saturated heterocycles. The number of imide groups is 1. The van der Waals surface area contributed by atoms with Crippen molar-refractivity contribution in [3.63, 3.8) is 0 Å². The minimum atomic E-state index is -0.800. The van der Waals surface area contributed by atoms with Gasteiger partial charge in [-0.1, -0.05) is 72.8 Å². The number of benzene rings is 3. The summed E-state index contributed by atoms with van der Waals surface area (Å²) in [5, 5.41) is 0. The first kappa shape index (κ1) is 20.4. The largest absolute Gasteiger partial charge is 0.495 e. The molecule has 2 fully saturated rings. The predicted octanol–water partition coefficient (Wildman–Crippen LogP) is 3.97. The Kier molecular flexibility index (Phi) is 4.62. The van der Waals surface area contributed by atoms with E-state index in [1.54, 1.807) is 36.4 Å². The van der Waals surface area contributed by atoms with Gasteiger partial charge >= 0.3 is 0 Å². The number of amides is 2. The first-order chi connectivity index (χ1) is 16.6. The highest BCUT2D eigenvalue weighted by Gasteiger charge is 2.64. The zero-order chi connectivity index (χ0) is 23.4. The molecular formula is C28H22N2O4. The Morgan fingerprint density at radius 2 is 1.44 bits per heavy atom. The van der Waals surface area contributed by atoms with E-state index in [2.05, 4.69) is 0 Å². The van der Waals surface area contributed by atoms with Crippen LogP contribution in [0.15, 0.2) is 84.9 Å². The molecule has 3 aromatic rings. The molecule has 6 rings (SSSR count). The number of hydrogen-bond acceptors (Lipinski definition) is 5. The molecule has 0 saturated carbocycles. The van der Waals surface area contributed by atoms with Crippen LogP contribution in [-0.4, -0.2) is 36.8 Å². The lowest BCUT2D eigenvalue weighted by Gasteiger charge is -2.36. The van der Waals surface area contributed by atoms with Crippen LogP contribution in [0.3, 0.4) is 0 Å². The second-order valence-electron chi connectivity index (χ2n) is 8.73. The smallest absolute Gasteiger partial charge is 0.240 e. The van der Waals surface area contributed by atoms with Gasteiger partial charge in [-0.25, -0.2) is 4.90 Å². The highest BCUT2D eigenvalue weighted by atomic mass is 16.5. The van der Waals surface area contributed by atoms with Crippen LogP contribution in [0.25, 0.3) is 6.08 Å². The molecular weight excluding hydrogens is 428 g/mol. The summed E-state index contributed by atoms with van der Waals surface area (Å²) in [7, 11) is 1.51. The number of ketones is 1. The number of carbonyl (C=O) groups excluding carboxylic acids is 3. The maximum Gasteiger partial charge on any atom is 0.240 e. The van der Waals surface area contributed by atoms with Gasteiger partial charge < -0.3 is 9.64 Å². The van der Waals surface area contributed by atoms with E-state index in [1.807, 2.05) is 59.5 Å². The Morgan fingerprint density at radius 3 is 2.21 bits per heavy atom. The molecule has 168 valence electrons. The predicted molar refractivity (Wildman–Crippen MR) is 129 cm³/mol. The number of carbonyl (C=O) groups is 3. The zero-order valence-corrected chi connectivity index (χ0v) is 18.5. The Morgan fingerprint density at radius 1 is 0.794 bits per heavy atom. The summed E-state index contributed by atoms with van der Waals surface area (Å²) in [5.74, 6) is -1.86. The lowest BCUT2D eigenvalue weighted by atomic mass is 9.86. The Hall–Kier alpha value is -4.19. The third kappa shape index (κ3) is 2.78. The summed E-state index contributed by atoms with van der Waals surface area (Å²) in [5.41, 5.74) is 2.76. The summed E-state index contributed by atoms with van der Waals surface area (Å²) in [4.78, 5) is 44.8. The van der Waals surface area contributed by atoms with Gasteiger partial charge in [0.1, 0.15) is 11.8 Å². The van der Waals surface area contributed by atoms with Gasteiger partial charge in [-0.15, -0.1) is 0 Å². The minimum Gasteiger partial charge on any atom is -0.495 e. The Balaban J connectivity index is 1.51. The van der Waals surface area contributed by atoms with E-state index in [0.717, 1.165) is 11.3 Å². The van der Waals surface area contributed by atoms with Crippen LogP contribution in [0.5, 0.6) is 5.75 Å². The third-order valence-electron chi connectivity index (χ3n) is 7.07. The molecule has 3 aliphatic heterocycles. The van der Waals surface area contributed by atoms with Crippen molar-refractivity contribution in [2.75, 3.05) is 16.9 Å². The second-order valence-corrected chi connectivity index (χ2v) is 8.73. The molecule has 34 heavy (non-hydrogen) atoms. The third-order valence-corrected chi connectivity index (χ3v) is 7.07. The summed E-state index contributed by atoms with van der Waals surface area (Å²) in [6.07, 6.45) is 3.93. The second kappa shape index (κ2) is 7.70. The van der Waals surface area contributed by atoms with Gasteiger partial charge in [-0.2, -0.15) is 0 Å². The van der Waals surface area contributed by atoms with Gasteiger partial charge in [0.2, 0.25) is 11.8 Å². The number of Topliss-reactive ketones (excluding diaryl/α,β-unsaturated/α-hetero) is 1. The number of fused-ring (bicyclic) bond motifs is 5. The molecule has 0 bridgehead atoms. The lowest BCUT2D eigenvalue weighted by Crippen LogP contribution is -2.48. The number of hydrogen-bond donors (Lipinski definition) is 0. The van der Waals surface area contributed by atoms with Crippen molar-refractivity contribution in [1.82, 2.24) is 0 Å². The van der Waals surface area contributed by atoms with Gasteiger partial charge in [0.05, 0.1) is 30.7 Å². The zero-order valence-electron chi connectivity index (χ0n) is 18.5.